The predicted octanol–water partition coefficient (Wildman–Crippen LogP) is 0.429. The Bertz CT molecular complexity index is 602. The van der Waals surface area contributed by atoms with Gasteiger partial charge in [0.25, 0.3) is 0 Å². The molecule has 0 radical (unpaired) electrons. The van der Waals surface area contributed by atoms with E-state index in [9.17, 15) is 14.4 Å². The van der Waals surface area contributed by atoms with Crippen LogP contribution in [0.2, 0.25) is 0 Å². The van der Waals surface area contributed by atoms with Crippen molar-refractivity contribution in [2.24, 2.45) is 0 Å². The van der Waals surface area contributed by atoms with E-state index < -0.39 is 17.9 Å². The molecule has 0 saturated carbocycles. The van der Waals surface area contributed by atoms with Gasteiger partial charge in [0.1, 0.15) is 11.8 Å². The number of carbonyl (C=O) groups excluding carboxylic acids is 2. The van der Waals surface area contributed by atoms with Gasteiger partial charge in [-0.05, 0) is 18.1 Å². The maximum absolute atomic E-state index is 12.4. The van der Waals surface area contributed by atoms with Gasteiger partial charge in [0.2, 0.25) is 11.8 Å². The van der Waals surface area contributed by atoms with E-state index in [4.69, 9.17) is 9.84 Å². The Morgan fingerprint density at radius 3 is 2.83 bits per heavy atom. The highest BCUT2D eigenvalue weighted by molar-refractivity contribution is 5.91. The summed E-state index contributed by atoms with van der Waals surface area (Å²) in [6.45, 7) is 0.670. The van der Waals surface area contributed by atoms with Crippen molar-refractivity contribution in [3.8, 4) is 5.75 Å². The van der Waals surface area contributed by atoms with Gasteiger partial charge in [0, 0.05) is 19.5 Å². The van der Waals surface area contributed by atoms with E-state index in [0.29, 0.717) is 25.3 Å². The summed E-state index contributed by atoms with van der Waals surface area (Å²) >= 11 is 0. The van der Waals surface area contributed by atoms with Crippen LogP contribution in [0.15, 0.2) is 24.3 Å². The highest BCUT2D eigenvalue weighted by Gasteiger charge is 2.34. The highest BCUT2D eigenvalue weighted by Crippen LogP contribution is 2.20. The SMILES string of the molecule is COc1ccccc1CCC(=O)N1CCNC(=O)[C@@H]1CC(=O)O. The Balaban J connectivity index is 2.03. The number of carbonyl (C=O) groups is 3. The Kier molecular flexibility index (Phi) is 5.56. The minimum absolute atomic E-state index is 0.198. The summed E-state index contributed by atoms with van der Waals surface area (Å²) in [4.78, 5) is 36.5. The van der Waals surface area contributed by atoms with E-state index in [1.54, 1.807) is 7.11 Å². The van der Waals surface area contributed by atoms with E-state index in [0.717, 1.165) is 5.56 Å². The summed E-state index contributed by atoms with van der Waals surface area (Å²) < 4.78 is 5.25. The molecule has 1 aromatic carbocycles. The van der Waals surface area contributed by atoms with E-state index in [1.165, 1.54) is 4.90 Å². The molecule has 23 heavy (non-hydrogen) atoms. The van der Waals surface area contributed by atoms with E-state index in [1.807, 2.05) is 24.3 Å². The second-order valence-corrected chi connectivity index (χ2v) is 5.30. The molecule has 2 rings (SSSR count). The zero-order valence-electron chi connectivity index (χ0n) is 12.9. The Morgan fingerprint density at radius 2 is 2.13 bits per heavy atom. The van der Waals surface area contributed by atoms with Crippen LogP contribution in [0.3, 0.4) is 0 Å². The number of rotatable bonds is 6. The molecule has 2 N–H and O–H groups in total. The molecule has 1 aromatic rings. The van der Waals surface area contributed by atoms with Crippen molar-refractivity contribution in [3.05, 3.63) is 29.8 Å². The van der Waals surface area contributed by atoms with E-state index in [-0.39, 0.29) is 18.7 Å². The third-order valence-corrected chi connectivity index (χ3v) is 3.82. The molecule has 1 saturated heterocycles. The number of hydrogen-bond acceptors (Lipinski definition) is 4. The van der Waals surface area contributed by atoms with Gasteiger partial charge in [-0.1, -0.05) is 18.2 Å². The van der Waals surface area contributed by atoms with Crippen LogP contribution in [0.1, 0.15) is 18.4 Å². The molecule has 0 aromatic heterocycles. The second kappa shape index (κ2) is 7.62. The summed E-state index contributed by atoms with van der Waals surface area (Å²) in [7, 11) is 1.57. The summed E-state index contributed by atoms with van der Waals surface area (Å²) in [5.74, 6) is -1.03. The lowest BCUT2D eigenvalue weighted by Gasteiger charge is -2.34. The standard InChI is InChI=1S/C16H20N2O5/c1-23-13-5-3-2-4-11(13)6-7-14(19)18-9-8-17-16(22)12(18)10-15(20)21/h2-5,12H,6-10H2,1H3,(H,17,22)(H,20,21)/t12-/m0/s1. The van der Waals surface area contributed by atoms with Crippen molar-refractivity contribution >= 4 is 17.8 Å². The first-order valence-corrected chi connectivity index (χ1v) is 7.43. The number of piperazine rings is 1. The molecule has 1 aliphatic heterocycles. The Morgan fingerprint density at radius 1 is 1.39 bits per heavy atom. The largest absolute Gasteiger partial charge is 0.496 e. The number of amides is 2. The maximum Gasteiger partial charge on any atom is 0.305 e. The normalized spacial score (nSPS) is 17.5. The lowest BCUT2D eigenvalue weighted by molar-refractivity contribution is -0.148. The van der Waals surface area contributed by atoms with Crippen LogP contribution < -0.4 is 10.1 Å². The topological polar surface area (TPSA) is 95.9 Å². The van der Waals surface area contributed by atoms with Gasteiger partial charge < -0.3 is 20.1 Å². The third-order valence-electron chi connectivity index (χ3n) is 3.82. The van der Waals surface area contributed by atoms with Crippen LogP contribution in [0, 0.1) is 0 Å². The van der Waals surface area contributed by atoms with Crippen molar-refractivity contribution in [1.82, 2.24) is 10.2 Å². The quantitative estimate of drug-likeness (QED) is 0.792. The lowest BCUT2D eigenvalue weighted by Crippen LogP contribution is -2.57. The molecule has 0 spiro atoms. The van der Waals surface area contributed by atoms with Gasteiger partial charge in [-0.15, -0.1) is 0 Å². The third kappa shape index (κ3) is 4.21. The van der Waals surface area contributed by atoms with Crippen LogP contribution in [-0.2, 0) is 20.8 Å². The molecule has 1 aliphatic rings. The number of methoxy groups -OCH3 is 1. The minimum Gasteiger partial charge on any atom is -0.496 e. The van der Waals surface area contributed by atoms with Gasteiger partial charge in [-0.2, -0.15) is 0 Å². The Labute approximate surface area is 134 Å². The van der Waals surface area contributed by atoms with Crippen molar-refractivity contribution in [2.45, 2.75) is 25.3 Å². The zero-order valence-corrected chi connectivity index (χ0v) is 12.9. The molecular formula is C16H20N2O5. The average Bonchev–Trinajstić information content (AvgIpc) is 2.54. The van der Waals surface area contributed by atoms with Gasteiger partial charge in [0.15, 0.2) is 0 Å². The lowest BCUT2D eigenvalue weighted by atomic mass is 10.0. The molecule has 7 heteroatoms. The van der Waals surface area contributed by atoms with Gasteiger partial charge in [-0.3, -0.25) is 14.4 Å². The molecule has 7 nitrogen and oxygen atoms in total. The molecule has 1 heterocycles. The summed E-state index contributed by atoms with van der Waals surface area (Å²) in [5, 5.41) is 11.5. The van der Waals surface area contributed by atoms with Gasteiger partial charge >= 0.3 is 5.97 Å². The molecule has 0 unspecified atom stereocenters. The Hall–Kier alpha value is -2.57. The fraction of sp³-hybridized carbons (Fsp3) is 0.438. The van der Waals surface area contributed by atoms with E-state index in [2.05, 4.69) is 5.32 Å². The molecule has 0 aliphatic carbocycles. The highest BCUT2D eigenvalue weighted by atomic mass is 16.5. The second-order valence-electron chi connectivity index (χ2n) is 5.30. The van der Waals surface area contributed by atoms with Crippen LogP contribution in [0.5, 0.6) is 5.75 Å². The molecule has 2 amide bonds. The summed E-state index contributed by atoms with van der Waals surface area (Å²) in [6.07, 6.45) is 0.288. The van der Waals surface area contributed by atoms with Gasteiger partial charge in [0.05, 0.1) is 13.5 Å². The molecular weight excluding hydrogens is 300 g/mol. The number of carboxylic acids is 1. The fourth-order valence-electron chi connectivity index (χ4n) is 2.68. The maximum atomic E-state index is 12.4. The van der Waals surface area contributed by atoms with Crippen LogP contribution in [-0.4, -0.2) is 54.0 Å². The molecule has 0 bridgehead atoms. The van der Waals surface area contributed by atoms with Crippen LogP contribution in [0.25, 0.3) is 0 Å². The van der Waals surface area contributed by atoms with Crippen molar-refractivity contribution < 1.29 is 24.2 Å². The molecule has 1 atom stereocenters. The first kappa shape index (κ1) is 16.8. The first-order valence-electron chi connectivity index (χ1n) is 7.43. The fourth-order valence-corrected chi connectivity index (χ4v) is 2.68. The predicted molar refractivity (Wildman–Crippen MR) is 82.1 cm³/mol. The number of para-hydroxylation sites is 1. The smallest absolute Gasteiger partial charge is 0.305 e. The van der Waals surface area contributed by atoms with E-state index >= 15 is 0 Å². The van der Waals surface area contributed by atoms with Gasteiger partial charge in [-0.25, -0.2) is 0 Å². The average molecular weight is 320 g/mol. The summed E-state index contributed by atoms with van der Waals surface area (Å²) in [6, 6.07) is 6.48. The van der Waals surface area contributed by atoms with Crippen molar-refractivity contribution in [2.75, 3.05) is 20.2 Å². The number of hydrogen-bond donors (Lipinski definition) is 2. The number of aryl methyl sites for hydroxylation is 1. The van der Waals surface area contributed by atoms with Crippen molar-refractivity contribution in [1.29, 1.82) is 0 Å². The zero-order chi connectivity index (χ0) is 16.8. The number of benzene rings is 1. The monoisotopic (exact) mass is 320 g/mol. The number of carboxylic acid groups (broad SMARTS) is 1. The summed E-state index contributed by atoms with van der Waals surface area (Å²) in [5.41, 5.74) is 0.902. The van der Waals surface area contributed by atoms with Crippen LogP contribution >= 0.6 is 0 Å². The first-order chi connectivity index (χ1) is 11.0. The van der Waals surface area contributed by atoms with Crippen molar-refractivity contribution in [3.63, 3.8) is 0 Å². The van der Waals surface area contributed by atoms with Crippen LogP contribution in [0.4, 0.5) is 0 Å². The number of nitrogens with zero attached hydrogens (tertiary/aromatic N) is 1. The molecule has 1 fully saturated rings. The number of nitrogens with one attached hydrogen (secondary N) is 1. The molecule has 124 valence electrons. The number of ether oxygens (including phenoxy) is 1. The minimum atomic E-state index is -1.10. The number of aliphatic carboxylic acids is 1.